The van der Waals surface area contributed by atoms with Crippen LogP contribution in [0.4, 0.5) is 0 Å². The minimum atomic E-state index is -0.445. The maximum Gasteiger partial charge on any atom is 0.294 e. The molecule has 1 aromatic rings. The number of ether oxygens (including phenoxy) is 2. The fourth-order valence-electron chi connectivity index (χ4n) is 1.26. The number of nitrogens with zero attached hydrogens (tertiary/aromatic N) is 1. The van der Waals surface area contributed by atoms with Crippen LogP contribution in [0.5, 0.6) is 6.01 Å². The number of carbonyl (C=O) groups is 1. The van der Waals surface area contributed by atoms with Crippen molar-refractivity contribution in [2.45, 2.75) is 6.23 Å². The predicted molar refractivity (Wildman–Crippen MR) is 42.4 cm³/mol. The Kier molecular flexibility index (Phi) is 1.70. The minimum Gasteiger partial charge on any atom is -0.468 e. The molecule has 13 heavy (non-hydrogen) atoms. The van der Waals surface area contributed by atoms with Crippen molar-refractivity contribution in [2.75, 3.05) is 14.2 Å². The van der Waals surface area contributed by atoms with E-state index >= 15 is 0 Å². The van der Waals surface area contributed by atoms with Crippen LogP contribution in [0, 0.1) is 0 Å². The average Bonchev–Trinajstić information content (AvgIpc) is 2.66. The molecule has 0 saturated heterocycles. The summed E-state index contributed by atoms with van der Waals surface area (Å²) in [5.74, 6) is -0.249. The molecule has 2 N–H and O–H groups in total. The molecule has 0 fully saturated rings. The number of hydrogen-bond acceptors (Lipinski definition) is 4. The monoisotopic (exact) mass is 183 g/mol. The van der Waals surface area contributed by atoms with Gasteiger partial charge in [-0.2, -0.15) is 4.98 Å². The Morgan fingerprint density at radius 2 is 2.23 bits per heavy atom. The number of carbonyl (C=O) groups excluding carboxylic acids is 1. The Morgan fingerprint density at radius 3 is 2.85 bits per heavy atom. The van der Waals surface area contributed by atoms with Gasteiger partial charge in [0.1, 0.15) is 5.69 Å². The van der Waals surface area contributed by atoms with Crippen molar-refractivity contribution in [3.05, 3.63) is 11.4 Å². The van der Waals surface area contributed by atoms with Gasteiger partial charge in [0.2, 0.25) is 0 Å². The van der Waals surface area contributed by atoms with Crippen LogP contribution in [-0.2, 0) is 4.74 Å². The third-order valence-electron chi connectivity index (χ3n) is 1.88. The lowest BCUT2D eigenvalue weighted by Gasteiger charge is -2.06. The van der Waals surface area contributed by atoms with Crippen molar-refractivity contribution in [3.8, 4) is 6.01 Å². The third kappa shape index (κ3) is 1.06. The van der Waals surface area contributed by atoms with Gasteiger partial charge >= 0.3 is 0 Å². The third-order valence-corrected chi connectivity index (χ3v) is 1.88. The first-order valence-electron chi connectivity index (χ1n) is 3.74. The van der Waals surface area contributed by atoms with E-state index in [-0.39, 0.29) is 5.91 Å². The quantitative estimate of drug-likeness (QED) is 0.666. The maximum absolute atomic E-state index is 11.2. The van der Waals surface area contributed by atoms with Crippen LogP contribution in [0.1, 0.15) is 22.4 Å². The largest absolute Gasteiger partial charge is 0.468 e. The number of imidazole rings is 1. The Hall–Kier alpha value is -1.56. The Balaban J connectivity index is 2.42. The molecule has 70 valence electrons. The predicted octanol–water partition coefficient (Wildman–Crippen LogP) is -0.193. The van der Waals surface area contributed by atoms with Crippen LogP contribution in [0.3, 0.4) is 0 Å². The summed E-state index contributed by atoms with van der Waals surface area (Å²) < 4.78 is 9.86. The number of amides is 1. The number of fused-ring (bicyclic) bond motifs is 1. The van der Waals surface area contributed by atoms with Crippen molar-refractivity contribution in [2.24, 2.45) is 0 Å². The standard InChI is InChI=1S/C7H9N3O3/c1-12-6-4-3(5(11)10-6)8-7(9-4)13-2/h6H,1-2H3,(H,8,9)(H,10,11). The number of nitrogens with one attached hydrogen (secondary N) is 2. The molecule has 0 radical (unpaired) electrons. The highest BCUT2D eigenvalue weighted by Crippen LogP contribution is 2.25. The second-order valence-corrected chi connectivity index (χ2v) is 2.60. The average molecular weight is 183 g/mol. The molecule has 6 heteroatoms. The first-order valence-corrected chi connectivity index (χ1v) is 3.74. The van der Waals surface area contributed by atoms with Gasteiger partial charge in [0.25, 0.3) is 11.9 Å². The van der Waals surface area contributed by atoms with Crippen molar-refractivity contribution in [1.29, 1.82) is 0 Å². The lowest BCUT2D eigenvalue weighted by Crippen LogP contribution is -2.21. The summed E-state index contributed by atoms with van der Waals surface area (Å²) in [4.78, 5) is 18.0. The maximum atomic E-state index is 11.2. The molecule has 1 amide bonds. The molecule has 1 unspecified atom stereocenters. The number of aromatic amines is 1. The topological polar surface area (TPSA) is 76.2 Å². The van der Waals surface area contributed by atoms with Crippen molar-refractivity contribution in [3.63, 3.8) is 0 Å². The van der Waals surface area contributed by atoms with Gasteiger partial charge in [-0.15, -0.1) is 0 Å². The van der Waals surface area contributed by atoms with Crippen LogP contribution < -0.4 is 10.1 Å². The summed E-state index contributed by atoms with van der Waals surface area (Å²) in [6.45, 7) is 0. The minimum absolute atomic E-state index is 0.249. The zero-order valence-corrected chi connectivity index (χ0v) is 7.25. The molecule has 1 aromatic heterocycles. The molecule has 0 spiro atoms. The van der Waals surface area contributed by atoms with Gasteiger partial charge in [-0.05, 0) is 0 Å². The van der Waals surface area contributed by atoms with Crippen LogP contribution in [0.2, 0.25) is 0 Å². The molecule has 1 atom stereocenters. The SMILES string of the molecule is COc1nc2c([nH]1)C(OC)NC2=O. The van der Waals surface area contributed by atoms with Gasteiger partial charge in [0.15, 0.2) is 11.9 Å². The Morgan fingerprint density at radius 1 is 1.46 bits per heavy atom. The smallest absolute Gasteiger partial charge is 0.294 e. The van der Waals surface area contributed by atoms with E-state index in [4.69, 9.17) is 9.47 Å². The van der Waals surface area contributed by atoms with Gasteiger partial charge in [-0.25, -0.2) is 0 Å². The molecule has 0 saturated carbocycles. The number of hydrogen-bond donors (Lipinski definition) is 2. The number of methoxy groups -OCH3 is 2. The van der Waals surface area contributed by atoms with E-state index in [1.165, 1.54) is 14.2 Å². The summed E-state index contributed by atoms with van der Waals surface area (Å²) >= 11 is 0. The summed E-state index contributed by atoms with van der Waals surface area (Å²) in [6, 6.07) is 0.321. The first-order chi connectivity index (χ1) is 6.26. The molecule has 1 aliphatic heterocycles. The van der Waals surface area contributed by atoms with E-state index in [0.717, 1.165) is 0 Å². The fraction of sp³-hybridized carbons (Fsp3) is 0.429. The van der Waals surface area contributed by atoms with Gasteiger partial charge in [-0.1, -0.05) is 0 Å². The lowest BCUT2D eigenvalue weighted by atomic mass is 10.4. The van der Waals surface area contributed by atoms with E-state index in [9.17, 15) is 4.79 Å². The number of aromatic nitrogens is 2. The summed E-state index contributed by atoms with van der Waals surface area (Å²) in [7, 11) is 2.99. The van der Waals surface area contributed by atoms with Gasteiger partial charge in [-0.3, -0.25) is 4.79 Å². The molecular formula is C7H9N3O3. The molecule has 2 rings (SSSR count). The number of H-pyrrole nitrogens is 1. The fourth-order valence-corrected chi connectivity index (χ4v) is 1.26. The molecule has 0 aromatic carbocycles. The second-order valence-electron chi connectivity index (χ2n) is 2.60. The normalized spacial score (nSPS) is 19.8. The molecule has 0 bridgehead atoms. The van der Waals surface area contributed by atoms with Crippen LogP contribution in [0.25, 0.3) is 0 Å². The number of rotatable bonds is 2. The van der Waals surface area contributed by atoms with E-state index in [1.54, 1.807) is 0 Å². The second kappa shape index (κ2) is 2.74. The van der Waals surface area contributed by atoms with Crippen molar-refractivity contribution in [1.82, 2.24) is 15.3 Å². The van der Waals surface area contributed by atoms with Crippen LogP contribution in [0.15, 0.2) is 0 Å². The van der Waals surface area contributed by atoms with E-state index in [0.29, 0.717) is 17.4 Å². The van der Waals surface area contributed by atoms with Gasteiger partial charge in [0, 0.05) is 7.11 Å². The Labute approximate surface area is 74.3 Å². The Bertz CT molecular complexity index is 347. The summed E-state index contributed by atoms with van der Waals surface area (Å²) in [5, 5.41) is 2.59. The van der Waals surface area contributed by atoms with Crippen molar-refractivity contribution >= 4 is 5.91 Å². The highest BCUT2D eigenvalue weighted by molar-refractivity contribution is 5.96. The van der Waals surface area contributed by atoms with Crippen LogP contribution >= 0.6 is 0 Å². The molecule has 0 aliphatic carbocycles. The van der Waals surface area contributed by atoms with Gasteiger partial charge < -0.3 is 19.8 Å². The summed E-state index contributed by atoms with van der Waals surface area (Å²) in [5.41, 5.74) is 0.952. The van der Waals surface area contributed by atoms with Crippen molar-refractivity contribution < 1.29 is 14.3 Å². The van der Waals surface area contributed by atoms with Gasteiger partial charge in [0.05, 0.1) is 7.11 Å². The highest BCUT2D eigenvalue weighted by atomic mass is 16.5. The van der Waals surface area contributed by atoms with Crippen LogP contribution in [-0.4, -0.2) is 30.1 Å². The highest BCUT2D eigenvalue weighted by Gasteiger charge is 2.32. The van der Waals surface area contributed by atoms with E-state index in [2.05, 4.69) is 15.3 Å². The zero-order valence-electron chi connectivity index (χ0n) is 7.25. The lowest BCUT2D eigenvalue weighted by molar-refractivity contribution is 0.0646. The van der Waals surface area contributed by atoms with E-state index < -0.39 is 6.23 Å². The molecule has 6 nitrogen and oxygen atoms in total. The first kappa shape index (κ1) is 8.06. The summed E-state index contributed by atoms with van der Waals surface area (Å²) in [6.07, 6.45) is -0.445. The zero-order chi connectivity index (χ0) is 9.42. The molecular weight excluding hydrogens is 174 g/mol. The van der Waals surface area contributed by atoms with E-state index in [1.807, 2.05) is 0 Å². The molecule has 1 aliphatic rings. The molecule has 2 heterocycles.